The van der Waals surface area contributed by atoms with Gasteiger partial charge >= 0.3 is 5.97 Å². The molecule has 4 atom stereocenters. The SMILES string of the molecule is COC(=O)[C@@H]1[C@@H](C=O)[C@H]1[C@H]1COC(C)(C)O1. The van der Waals surface area contributed by atoms with Crippen molar-refractivity contribution in [3.05, 3.63) is 0 Å². The maximum absolute atomic E-state index is 11.4. The molecular weight excluding hydrogens is 212 g/mol. The van der Waals surface area contributed by atoms with Crippen LogP contribution in [0.15, 0.2) is 0 Å². The summed E-state index contributed by atoms with van der Waals surface area (Å²) in [5.74, 6) is -1.69. The molecule has 0 aromatic heterocycles. The van der Waals surface area contributed by atoms with Gasteiger partial charge in [-0.2, -0.15) is 0 Å². The van der Waals surface area contributed by atoms with Crippen molar-refractivity contribution < 1.29 is 23.8 Å². The zero-order valence-corrected chi connectivity index (χ0v) is 9.64. The van der Waals surface area contributed by atoms with E-state index in [4.69, 9.17) is 9.47 Å². The third-order valence-electron chi connectivity index (χ3n) is 3.22. The highest BCUT2D eigenvalue weighted by Crippen LogP contribution is 2.51. The van der Waals surface area contributed by atoms with E-state index in [2.05, 4.69) is 4.74 Å². The molecule has 1 heterocycles. The maximum Gasteiger partial charge on any atom is 0.309 e. The van der Waals surface area contributed by atoms with Crippen molar-refractivity contribution in [1.29, 1.82) is 0 Å². The highest BCUT2D eigenvalue weighted by molar-refractivity contribution is 5.82. The number of aldehydes is 1. The molecule has 2 fully saturated rings. The molecule has 0 unspecified atom stereocenters. The van der Waals surface area contributed by atoms with Crippen LogP contribution in [-0.2, 0) is 23.8 Å². The van der Waals surface area contributed by atoms with Crippen LogP contribution >= 0.6 is 0 Å². The van der Waals surface area contributed by atoms with Crippen LogP contribution in [0, 0.1) is 17.8 Å². The lowest BCUT2D eigenvalue weighted by atomic mass is 10.2. The van der Waals surface area contributed by atoms with Gasteiger partial charge < -0.3 is 19.0 Å². The second-order valence-corrected chi connectivity index (χ2v) is 4.71. The topological polar surface area (TPSA) is 61.8 Å². The van der Waals surface area contributed by atoms with Crippen molar-refractivity contribution in [3.63, 3.8) is 0 Å². The molecule has 5 heteroatoms. The minimum Gasteiger partial charge on any atom is -0.469 e. The first-order chi connectivity index (χ1) is 7.50. The van der Waals surface area contributed by atoms with Gasteiger partial charge in [-0.25, -0.2) is 0 Å². The summed E-state index contributed by atoms with van der Waals surface area (Å²) < 4.78 is 15.7. The molecule has 0 bridgehead atoms. The number of methoxy groups -OCH3 is 1. The largest absolute Gasteiger partial charge is 0.469 e. The Bertz CT molecular complexity index is 311. The first-order valence-electron chi connectivity index (χ1n) is 5.35. The molecule has 1 aliphatic carbocycles. The minimum atomic E-state index is -0.624. The molecule has 2 aliphatic rings. The molecule has 0 aromatic carbocycles. The second kappa shape index (κ2) is 3.82. The fourth-order valence-corrected chi connectivity index (χ4v) is 2.37. The summed E-state index contributed by atoms with van der Waals surface area (Å²) in [6.45, 7) is 4.06. The number of carbonyl (C=O) groups is 2. The fraction of sp³-hybridized carbons (Fsp3) is 0.818. The normalized spacial score (nSPS) is 40.4. The number of carbonyl (C=O) groups excluding carboxylic acids is 2. The van der Waals surface area contributed by atoms with E-state index in [0.29, 0.717) is 6.61 Å². The predicted molar refractivity (Wildman–Crippen MR) is 53.5 cm³/mol. The summed E-state index contributed by atoms with van der Waals surface area (Å²) in [4.78, 5) is 22.2. The first-order valence-corrected chi connectivity index (χ1v) is 5.35. The van der Waals surface area contributed by atoms with Crippen molar-refractivity contribution in [2.45, 2.75) is 25.7 Å². The Kier molecular flexibility index (Phi) is 2.75. The first kappa shape index (κ1) is 11.5. The zero-order valence-electron chi connectivity index (χ0n) is 9.64. The van der Waals surface area contributed by atoms with E-state index in [1.807, 2.05) is 13.8 Å². The molecule has 0 amide bonds. The van der Waals surface area contributed by atoms with Gasteiger partial charge in [-0.15, -0.1) is 0 Å². The Morgan fingerprint density at radius 1 is 1.50 bits per heavy atom. The molecule has 0 N–H and O–H groups in total. The Hall–Kier alpha value is -0.940. The van der Waals surface area contributed by atoms with Crippen LogP contribution in [0.1, 0.15) is 13.8 Å². The third kappa shape index (κ3) is 1.85. The van der Waals surface area contributed by atoms with Crippen LogP contribution in [0.2, 0.25) is 0 Å². The highest BCUT2D eigenvalue weighted by Gasteiger charge is 2.61. The van der Waals surface area contributed by atoms with Crippen LogP contribution in [0.4, 0.5) is 0 Å². The predicted octanol–water partition coefficient (Wildman–Crippen LogP) is 0.372. The molecule has 5 nitrogen and oxygen atoms in total. The third-order valence-corrected chi connectivity index (χ3v) is 3.22. The molecule has 16 heavy (non-hydrogen) atoms. The lowest BCUT2D eigenvalue weighted by Gasteiger charge is -2.16. The lowest BCUT2D eigenvalue weighted by molar-refractivity contribution is -0.147. The minimum absolute atomic E-state index is 0.0910. The van der Waals surface area contributed by atoms with Crippen LogP contribution in [0.3, 0.4) is 0 Å². The van der Waals surface area contributed by atoms with Crippen LogP contribution in [0.25, 0.3) is 0 Å². The van der Waals surface area contributed by atoms with Gasteiger partial charge in [0.05, 0.1) is 25.7 Å². The average molecular weight is 228 g/mol. The quantitative estimate of drug-likeness (QED) is 0.516. The average Bonchev–Trinajstić information content (AvgIpc) is 2.87. The van der Waals surface area contributed by atoms with Gasteiger partial charge in [0.2, 0.25) is 0 Å². The van der Waals surface area contributed by atoms with Gasteiger partial charge in [-0.1, -0.05) is 0 Å². The summed E-state index contributed by atoms with van der Waals surface area (Å²) >= 11 is 0. The fourth-order valence-electron chi connectivity index (χ4n) is 2.37. The van der Waals surface area contributed by atoms with Gasteiger partial charge in [-0.05, 0) is 13.8 Å². The van der Waals surface area contributed by atoms with Crippen molar-refractivity contribution in [3.8, 4) is 0 Å². The Morgan fingerprint density at radius 3 is 2.62 bits per heavy atom. The molecule has 0 radical (unpaired) electrons. The molecule has 0 aromatic rings. The Labute approximate surface area is 94.0 Å². The molecular formula is C11H16O5. The lowest BCUT2D eigenvalue weighted by Crippen LogP contribution is -2.23. The standard InChI is InChI=1S/C11H16O5/c1-11(2)15-5-7(16-11)8-6(4-12)9(8)10(13)14-3/h4,6-9H,5H2,1-3H3/t6-,7+,8-,9+/m0/s1. The van der Waals surface area contributed by atoms with Gasteiger partial charge in [-0.3, -0.25) is 4.79 Å². The van der Waals surface area contributed by atoms with E-state index >= 15 is 0 Å². The van der Waals surface area contributed by atoms with Crippen LogP contribution < -0.4 is 0 Å². The molecule has 1 saturated heterocycles. The summed E-state index contributed by atoms with van der Waals surface area (Å²) in [6.07, 6.45) is 0.621. The number of esters is 1. The van der Waals surface area contributed by atoms with E-state index in [-0.39, 0.29) is 29.8 Å². The monoisotopic (exact) mass is 228 g/mol. The number of ether oxygens (including phenoxy) is 3. The maximum atomic E-state index is 11.4. The number of hydrogen-bond acceptors (Lipinski definition) is 5. The van der Waals surface area contributed by atoms with Gasteiger partial charge in [0.1, 0.15) is 6.29 Å². The summed E-state index contributed by atoms with van der Waals surface area (Å²) in [5.41, 5.74) is 0. The summed E-state index contributed by atoms with van der Waals surface area (Å²) in [7, 11) is 1.33. The highest BCUT2D eigenvalue weighted by atomic mass is 16.7. The van der Waals surface area contributed by atoms with Gasteiger partial charge in [0.25, 0.3) is 0 Å². The molecule has 1 saturated carbocycles. The van der Waals surface area contributed by atoms with E-state index in [1.54, 1.807) is 0 Å². The molecule has 2 rings (SSSR count). The molecule has 1 aliphatic heterocycles. The van der Waals surface area contributed by atoms with Crippen molar-refractivity contribution in [1.82, 2.24) is 0 Å². The van der Waals surface area contributed by atoms with Crippen LogP contribution in [0.5, 0.6) is 0 Å². The Balaban J connectivity index is 2.01. The van der Waals surface area contributed by atoms with Crippen molar-refractivity contribution in [2.24, 2.45) is 17.8 Å². The summed E-state index contributed by atoms with van der Waals surface area (Å²) in [6, 6.07) is 0. The zero-order chi connectivity index (χ0) is 11.9. The molecule has 90 valence electrons. The smallest absolute Gasteiger partial charge is 0.309 e. The molecule has 0 spiro atoms. The van der Waals surface area contributed by atoms with E-state index < -0.39 is 5.79 Å². The number of rotatable bonds is 3. The van der Waals surface area contributed by atoms with Gasteiger partial charge in [0, 0.05) is 11.8 Å². The number of hydrogen-bond donors (Lipinski definition) is 0. The van der Waals surface area contributed by atoms with Crippen LogP contribution in [-0.4, -0.2) is 37.9 Å². The summed E-state index contributed by atoms with van der Waals surface area (Å²) in [5, 5.41) is 0. The van der Waals surface area contributed by atoms with E-state index in [0.717, 1.165) is 6.29 Å². The Morgan fingerprint density at radius 2 is 2.19 bits per heavy atom. The van der Waals surface area contributed by atoms with Crippen molar-refractivity contribution >= 4 is 12.3 Å². The second-order valence-electron chi connectivity index (χ2n) is 4.71. The van der Waals surface area contributed by atoms with Gasteiger partial charge in [0.15, 0.2) is 5.79 Å². The van der Waals surface area contributed by atoms with E-state index in [9.17, 15) is 9.59 Å². The van der Waals surface area contributed by atoms with Crippen molar-refractivity contribution in [2.75, 3.05) is 13.7 Å². The van der Waals surface area contributed by atoms with E-state index in [1.165, 1.54) is 7.11 Å².